The lowest BCUT2D eigenvalue weighted by molar-refractivity contribution is -0.137. The van der Waals surface area contributed by atoms with Crippen molar-refractivity contribution < 1.29 is 17.9 Å². The molecule has 144 valence electrons. The van der Waals surface area contributed by atoms with E-state index in [0.29, 0.717) is 22.9 Å². The van der Waals surface area contributed by atoms with Crippen LogP contribution in [0.15, 0.2) is 29.4 Å². The summed E-state index contributed by atoms with van der Waals surface area (Å²) in [6, 6.07) is 5.04. The Labute approximate surface area is 156 Å². The molecule has 0 aliphatic carbocycles. The number of benzene rings is 1. The zero-order chi connectivity index (χ0) is 19.0. The van der Waals surface area contributed by atoms with Crippen LogP contribution in [0.1, 0.15) is 24.5 Å². The second kappa shape index (κ2) is 9.84. The summed E-state index contributed by atoms with van der Waals surface area (Å²) in [6.07, 6.45) is -3.45. The SMILES string of the molecule is C/C(=N\NC(=S)NCCCN1CCOCC1)c1cccc(C(F)(F)F)c1. The molecule has 0 bridgehead atoms. The minimum Gasteiger partial charge on any atom is -0.379 e. The Bertz CT molecular complexity index is 631. The highest BCUT2D eigenvalue weighted by molar-refractivity contribution is 7.80. The lowest BCUT2D eigenvalue weighted by atomic mass is 10.1. The average Bonchev–Trinajstić information content (AvgIpc) is 2.63. The van der Waals surface area contributed by atoms with Gasteiger partial charge in [0.05, 0.1) is 24.5 Å². The van der Waals surface area contributed by atoms with Crippen molar-refractivity contribution in [1.82, 2.24) is 15.6 Å². The van der Waals surface area contributed by atoms with E-state index in [4.69, 9.17) is 17.0 Å². The lowest BCUT2D eigenvalue weighted by Gasteiger charge is -2.26. The van der Waals surface area contributed by atoms with Gasteiger partial charge in [0, 0.05) is 19.6 Å². The van der Waals surface area contributed by atoms with E-state index >= 15 is 0 Å². The molecule has 0 atom stereocenters. The van der Waals surface area contributed by atoms with Gasteiger partial charge in [0.25, 0.3) is 0 Å². The van der Waals surface area contributed by atoms with Crippen molar-refractivity contribution in [3.05, 3.63) is 35.4 Å². The second-order valence-corrected chi connectivity index (χ2v) is 6.36. The molecule has 26 heavy (non-hydrogen) atoms. The minimum absolute atomic E-state index is 0.346. The van der Waals surface area contributed by atoms with Crippen LogP contribution in [0.5, 0.6) is 0 Å². The van der Waals surface area contributed by atoms with Gasteiger partial charge in [0.2, 0.25) is 0 Å². The van der Waals surface area contributed by atoms with Crippen molar-refractivity contribution >= 4 is 23.0 Å². The number of nitrogens with zero attached hydrogens (tertiary/aromatic N) is 2. The molecular formula is C17H23F3N4OS. The fourth-order valence-corrected chi connectivity index (χ4v) is 2.64. The molecule has 5 nitrogen and oxygen atoms in total. The van der Waals surface area contributed by atoms with E-state index in [0.717, 1.165) is 51.4 Å². The zero-order valence-electron chi connectivity index (χ0n) is 14.6. The molecule has 0 unspecified atom stereocenters. The first kappa shape index (κ1) is 20.6. The molecule has 1 aromatic rings. The number of morpholine rings is 1. The van der Waals surface area contributed by atoms with Crippen LogP contribution in [0.3, 0.4) is 0 Å². The third-order valence-corrected chi connectivity index (χ3v) is 4.21. The smallest absolute Gasteiger partial charge is 0.379 e. The average molecular weight is 388 g/mol. The number of hydrogen-bond donors (Lipinski definition) is 2. The molecule has 0 aromatic heterocycles. The molecular weight excluding hydrogens is 365 g/mol. The maximum Gasteiger partial charge on any atom is 0.416 e. The van der Waals surface area contributed by atoms with Gasteiger partial charge in [-0.1, -0.05) is 12.1 Å². The largest absolute Gasteiger partial charge is 0.416 e. The van der Waals surface area contributed by atoms with Gasteiger partial charge in [-0.15, -0.1) is 0 Å². The van der Waals surface area contributed by atoms with Crippen LogP contribution in [0.25, 0.3) is 0 Å². The zero-order valence-corrected chi connectivity index (χ0v) is 15.4. The Balaban J connectivity index is 1.74. The lowest BCUT2D eigenvalue weighted by Crippen LogP contribution is -2.39. The molecule has 1 fully saturated rings. The normalized spacial score (nSPS) is 16.4. The number of nitrogens with one attached hydrogen (secondary N) is 2. The maximum atomic E-state index is 12.8. The minimum atomic E-state index is -4.37. The summed E-state index contributed by atoms with van der Waals surface area (Å²) in [5.74, 6) is 0. The highest BCUT2D eigenvalue weighted by atomic mass is 32.1. The van der Waals surface area contributed by atoms with Crippen molar-refractivity contribution in [2.24, 2.45) is 5.10 Å². The van der Waals surface area contributed by atoms with E-state index in [9.17, 15) is 13.2 Å². The van der Waals surface area contributed by atoms with E-state index in [-0.39, 0.29) is 0 Å². The summed E-state index contributed by atoms with van der Waals surface area (Å²) >= 11 is 5.13. The molecule has 0 radical (unpaired) electrons. The second-order valence-electron chi connectivity index (χ2n) is 5.95. The van der Waals surface area contributed by atoms with E-state index in [1.165, 1.54) is 6.07 Å². The number of hydrogen-bond acceptors (Lipinski definition) is 4. The molecule has 2 rings (SSSR count). The van der Waals surface area contributed by atoms with Crippen LogP contribution in [-0.4, -0.2) is 55.1 Å². The number of halogens is 3. The van der Waals surface area contributed by atoms with Crippen LogP contribution in [0, 0.1) is 0 Å². The Morgan fingerprint density at radius 3 is 2.73 bits per heavy atom. The fourth-order valence-electron chi connectivity index (χ4n) is 2.49. The van der Waals surface area contributed by atoms with Crippen molar-refractivity contribution in [2.45, 2.75) is 19.5 Å². The highest BCUT2D eigenvalue weighted by Gasteiger charge is 2.30. The van der Waals surface area contributed by atoms with Crippen LogP contribution >= 0.6 is 12.2 Å². The van der Waals surface area contributed by atoms with Gasteiger partial charge < -0.3 is 10.1 Å². The van der Waals surface area contributed by atoms with Gasteiger partial charge in [0.15, 0.2) is 5.11 Å². The van der Waals surface area contributed by atoms with Crippen molar-refractivity contribution in [2.75, 3.05) is 39.4 Å². The summed E-state index contributed by atoms with van der Waals surface area (Å²) in [7, 11) is 0. The fraction of sp³-hybridized carbons (Fsp3) is 0.529. The predicted octanol–water partition coefficient (Wildman–Crippen LogP) is 2.62. The van der Waals surface area contributed by atoms with Gasteiger partial charge in [-0.25, -0.2) is 0 Å². The third kappa shape index (κ3) is 6.89. The Morgan fingerprint density at radius 2 is 2.04 bits per heavy atom. The molecule has 9 heteroatoms. The summed E-state index contributed by atoms with van der Waals surface area (Å²) in [6.45, 7) is 6.73. The third-order valence-electron chi connectivity index (χ3n) is 3.97. The van der Waals surface area contributed by atoms with Gasteiger partial charge in [0.1, 0.15) is 0 Å². The van der Waals surface area contributed by atoms with Crippen molar-refractivity contribution in [3.63, 3.8) is 0 Å². The quantitative estimate of drug-likeness (QED) is 0.340. The maximum absolute atomic E-state index is 12.8. The van der Waals surface area contributed by atoms with Gasteiger partial charge in [-0.3, -0.25) is 10.3 Å². The van der Waals surface area contributed by atoms with E-state index in [1.54, 1.807) is 13.0 Å². The first-order valence-electron chi connectivity index (χ1n) is 8.42. The van der Waals surface area contributed by atoms with Crippen LogP contribution in [0.2, 0.25) is 0 Å². The Kier molecular flexibility index (Phi) is 7.80. The van der Waals surface area contributed by atoms with Crippen LogP contribution in [-0.2, 0) is 10.9 Å². The molecule has 1 aliphatic heterocycles. The van der Waals surface area contributed by atoms with Crippen molar-refractivity contribution in [3.8, 4) is 0 Å². The monoisotopic (exact) mass is 388 g/mol. The van der Waals surface area contributed by atoms with Crippen molar-refractivity contribution in [1.29, 1.82) is 0 Å². The molecule has 1 aliphatic rings. The topological polar surface area (TPSA) is 48.9 Å². The number of alkyl halides is 3. The Hall–Kier alpha value is -1.71. The Morgan fingerprint density at radius 1 is 1.31 bits per heavy atom. The van der Waals surface area contributed by atoms with Gasteiger partial charge in [-0.2, -0.15) is 18.3 Å². The summed E-state index contributed by atoms with van der Waals surface area (Å²) in [4.78, 5) is 2.33. The van der Waals surface area contributed by atoms with Gasteiger partial charge in [-0.05, 0) is 49.8 Å². The van der Waals surface area contributed by atoms with Crippen LogP contribution in [0.4, 0.5) is 13.2 Å². The first-order chi connectivity index (χ1) is 12.4. The number of ether oxygens (including phenoxy) is 1. The van der Waals surface area contributed by atoms with Crippen LogP contribution < -0.4 is 10.7 Å². The number of rotatable bonds is 6. The standard InChI is InChI=1S/C17H23F3N4OS/c1-13(14-4-2-5-15(12-14)17(18,19)20)22-23-16(26)21-6-3-7-24-8-10-25-11-9-24/h2,4-5,12H,3,6-11H2,1H3,(H2,21,23,26)/b22-13+. The molecule has 0 saturated carbocycles. The summed E-state index contributed by atoms with van der Waals surface area (Å²) < 4.78 is 43.6. The molecule has 2 N–H and O–H groups in total. The molecule has 0 amide bonds. The van der Waals surface area contributed by atoms with E-state index in [2.05, 4.69) is 20.7 Å². The summed E-state index contributed by atoms with van der Waals surface area (Å²) in [5, 5.41) is 7.44. The van der Waals surface area contributed by atoms with Gasteiger partial charge >= 0.3 is 6.18 Å². The first-order valence-corrected chi connectivity index (χ1v) is 8.83. The molecule has 1 saturated heterocycles. The predicted molar refractivity (Wildman–Crippen MR) is 99.3 cm³/mol. The molecule has 0 spiro atoms. The summed E-state index contributed by atoms with van der Waals surface area (Å²) in [5.41, 5.74) is 2.79. The van der Waals surface area contributed by atoms with E-state index in [1.807, 2.05) is 0 Å². The number of thiocarbonyl (C=S) groups is 1. The van der Waals surface area contributed by atoms with E-state index < -0.39 is 11.7 Å². The highest BCUT2D eigenvalue weighted by Crippen LogP contribution is 2.29. The molecule has 1 heterocycles. The number of hydrazone groups is 1. The molecule has 1 aromatic carbocycles.